The van der Waals surface area contributed by atoms with Crippen molar-refractivity contribution in [2.24, 2.45) is 0 Å². The van der Waals surface area contributed by atoms with Gasteiger partial charge in [0.2, 0.25) is 0 Å². The van der Waals surface area contributed by atoms with Crippen LogP contribution in [0.15, 0.2) is 22.7 Å². The van der Waals surface area contributed by atoms with Gasteiger partial charge < -0.3 is 14.8 Å². The Morgan fingerprint density at radius 3 is 2.50 bits per heavy atom. The van der Waals surface area contributed by atoms with E-state index in [0.717, 1.165) is 0 Å². The lowest BCUT2D eigenvalue weighted by Gasteiger charge is -2.12. The Hall–Kier alpha value is -1.56. The first kappa shape index (κ1) is 14.5. The van der Waals surface area contributed by atoms with Gasteiger partial charge in [0.05, 0.1) is 18.7 Å². The summed E-state index contributed by atoms with van der Waals surface area (Å²) in [4.78, 5) is 23.0. The smallest absolute Gasteiger partial charge is 0.328 e. The molecule has 5 nitrogen and oxygen atoms in total. The van der Waals surface area contributed by atoms with Crippen LogP contribution in [-0.2, 0) is 9.53 Å². The van der Waals surface area contributed by atoms with Crippen molar-refractivity contribution in [1.29, 1.82) is 0 Å². The molecule has 1 rings (SSSR count). The molecule has 0 aliphatic heterocycles. The topological polar surface area (TPSA) is 64.6 Å². The Morgan fingerprint density at radius 2 is 2.00 bits per heavy atom. The predicted octanol–water partition coefficient (Wildman–Crippen LogP) is 1.75. The van der Waals surface area contributed by atoms with Crippen molar-refractivity contribution < 1.29 is 19.1 Å². The van der Waals surface area contributed by atoms with Crippen molar-refractivity contribution in [3.05, 3.63) is 28.2 Å². The molecule has 1 aromatic carbocycles. The summed E-state index contributed by atoms with van der Waals surface area (Å²) in [6.45, 7) is 1.56. The molecule has 6 heteroatoms. The van der Waals surface area contributed by atoms with Gasteiger partial charge in [0.1, 0.15) is 11.8 Å². The largest absolute Gasteiger partial charge is 0.496 e. The van der Waals surface area contributed by atoms with Crippen molar-refractivity contribution in [2.75, 3.05) is 14.2 Å². The molecule has 1 atom stereocenters. The van der Waals surface area contributed by atoms with E-state index in [2.05, 4.69) is 26.0 Å². The van der Waals surface area contributed by atoms with E-state index in [1.54, 1.807) is 32.2 Å². The number of rotatable bonds is 4. The maximum atomic E-state index is 11.8. The fraction of sp³-hybridized carbons (Fsp3) is 0.333. The fourth-order valence-electron chi connectivity index (χ4n) is 1.32. The number of benzene rings is 1. The van der Waals surface area contributed by atoms with Gasteiger partial charge >= 0.3 is 5.97 Å². The van der Waals surface area contributed by atoms with Crippen LogP contribution >= 0.6 is 15.9 Å². The molecule has 0 fully saturated rings. The number of nitrogens with one attached hydrogen (secondary N) is 1. The van der Waals surface area contributed by atoms with E-state index in [-0.39, 0.29) is 5.91 Å². The van der Waals surface area contributed by atoms with E-state index in [9.17, 15) is 9.59 Å². The van der Waals surface area contributed by atoms with Crippen molar-refractivity contribution >= 4 is 27.8 Å². The van der Waals surface area contributed by atoms with E-state index in [1.165, 1.54) is 7.11 Å². The molecule has 0 aliphatic rings. The Kier molecular flexibility index (Phi) is 5.15. The average Bonchev–Trinajstić information content (AvgIpc) is 2.37. The summed E-state index contributed by atoms with van der Waals surface area (Å²) in [6.07, 6.45) is 0. The minimum atomic E-state index is -0.691. The molecule has 1 aromatic rings. The molecule has 1 N–H and O–H groups in total. The second-order valence-electron chi connectivity index (χ2n) is 3.57. The van der Waals surface area contributed by atoms with Crippen molar-refractivity contribution in [2.45, 2.75) is 13.0 Å². The molecule has 1 amide bonds. The van der Waals surface area contributed by atoms with Crippen LogP contribution in [0.25, 0.3) is 0 Å². The van der Waals surface area contributed by atoms with Crippen LogP contribution in [-0.4, -0.2) is 32.1 Å². The fourth-order valence-corrected chi connectivity index (χ4v) is 1.86. The zero-order chi connectivity index (χ0) is 13.7. The summed E-state index contributed by atoms with van der Waals surface area (Å²) in [6, 6.07) is 4.21. The van der Waals surface area contributed by atoms with E-state index >= 15 is 0 Å². The van der Waals surface area contributed by atoms with Crippen LogP contribution in [0.1, 0.15) is 17.3 Å². The van der Waals surface area contributed by atoms with Gasteiger partial charge in [-0.2, -0.15) is 0 Å². The highest BCUT2D eigenvalue weighted by atomic mass is 79.9. The lowest BCUT2D eigenvalue weighted by Crippen LogP contribution is -2.39. The SMILES string of the molecule is COC(=O)[C@H](C)NC(=O)c1ccc(OC)c(Br)c1. The number of ether oxygens (including phenoxy) is 2. The highest BCUT2D eigenvalue weighted by molar-refractivity contribution is 9.10. The average molecular weight is 316 g/mol. The molecule has 0 aromatic heterocycles. The van der Waals surface area contributed by atoms with Gasteiger partial charge in [-0.05, 0) is 41.1 Å². The summed E-state index contributed by atoms with van der Waals surface area (Å²) >= 11 is 3.29. The van der Waals surface area contributed by atoms with Gasteiger partial charge in [-0.1, -0.05) is 0 Å². The highest BCUT2D eigenvalue weighted by Gasteiger charge is 2.17. The van der Waals surface area contributed by atoms with E-state index in [1.807, 2.05) is 0 Å². The molecule has 0 aliphatic carbocycles. The van der Waals surface area contributed by atoms with Gasteiger partial charge in [-0.25, -0.2) is 4.79 Å². The quantitative estimate of drug-likeness (QED) is 0.860. The monoisotopic (exact) mass is 315 g/mol. The second kappa shape index (κ2) is 6.39. The van der Waals surface area contributed by atoms with Gasteiger partial charge in [0, 0.05) is 5.56 Å². The van der Waals surface area contributed by atoms with Crippen molar-refractivity contribution in [1.82, 2.24) is 5.32 Å². The Morgan fingerprint density at radius 1 is 1.33 bits per heavy atom. The molecule has 0 spiro atoms. The molecule has 0 unspecified atom stereocenters. The molecular formula is C12H14BrNO4. The zero-order valence-corrected chi connectivity index (χ0v) is 11.9. The van der Waals surface area contributed by atoms with Crippen LogP contribution in [0.3, 0.4) is 0 Å². The Bertz CT molecular complexity index is 461. The first-order valence-electron chi connectivity index (χ1n) is 5.21. The summed E-state index contributed by atoms with van der Waals surface area (Å²) in [7, 11) is 2.81. The molecule has 98 valence electrons. The molecule has 0 radical (unpaired) electrons. The number of carbonyl (C=O) groups excluding carboxylic acids is 2. The standard InChI is InChI=1S/C12H14BrNO4/c1-7(12(16)18-3)14-11(15)8-4-5-10(17-2)9(13)6-8/h4-7H,1-3H3,(H,14,15)/t7-/m0/s1. The second-order valence-corrected chi connectivity index (χ2v) is 4.42. The number of hydrogen-bond acceptors (Lipinski definition) is 4. The van der Waals surface area contributed by atoms with Crippen LogP contribution in [0.4, 0.5) is 0 Å². The molecule has 0 bridgehead atoms. The maximum absolute atomic E-state index is 11.8. The summed E-state index contributed by atoms with van der Waals surface area (Å²) in [5.74, 6) is -0.209. The summed E-state index contributed by atoms with van der Waals surface area (Å²) in [5, 5.41) is 2.54. The highest BCUT2D eigenvalue weighted by Crippen LogP contribution is 2.25. The van der Waals surface area contributed by atoms with Crippen LogP contribution < -0.4 is 10.1 Å². The number of hydrogen-bond donors (Lipinski definition) is 1. The molecule has 18 heavy (non-hydrogen) atoms. The maximum Gasteiger partial charge on any atom is 0.328 e. The van der Waals surface area contributed by atoms with Crippen LogP contribution in [0.2, 0.25) is 0 Å². The summed E-state index contributed by atoms with van der Waals surface area (Å²) < 4.78 is 10.3. The van der Waals surface area contributed by atoms with Gasteiger partial charge in [0.15, 0.2) is 0 Å². The minimum Gasteiger partial charge on any atom is -0.496 e. The first-order valence-corrected chi connectivity index (χ1v) is 6.01. The molecule has 0 saturated carbocycles. The molecular weight excluding hydrogens is 302 g/mol. The first-order chi connectivity index (χ1) is 8.49. The van der Waals surface area contributed by atoms with E-state index in [4.69, 9.17) is 4.74 Å². The lowest BCUT2D eigenvalue weighted by molar-refractivity contribution is -0.142. The van der Waals surface area contributed by atoms with Crippen LogP contribution in [0.5, 0.6) is 5.75 Å². The van der Waals surface area contributed by atoms with E-state index < -0.39 is 12.0 Å². The Balaban J connectivity index is 2.79. The minimum absolute atomic E-state index is 0.351. The third-order valence-electron chi connectivity index (χ3n) is 2.32. The number of halogens is 1. The zero-order valence-electron chi connectivity index (χ0n) is 10.3. The predicted molar refractivity (Wildman–Crippen MR) is 69.6 cm³/mol. The molecule has 0 saturated heterocycles. The van der Waals surface area contributed by atoms with E-state index in [0.29, 0.717) is 15.8 Å². The third kappa shape index (κ3) is 3.46. The third-order valence-corrected chi connectivity index (χ3v) is 2.94. The number of esters is 1. The lowest BCUT2D eigenvalue weighted by atomic mass is 10.2. The summed E-state index contributed by atoms with van der Waals surface area (Å²) in [5.41, 5.74) is 0.429. The normalized spacial score (nSPS) is 11.6. The van der Waals surface area contributed by atoms with Gasteiger partial charge in [-0.3, -0.25) is 4.79 Å². The van der Waals surface area contributed by atoms with Gasteiger partial charge in [0.25, 0.3) is 5.91 Å². The number of carbonyl (C=O) groups is 2. The number of methoxy groups -OCH3 is 2. The van der Waals surface area contributed by atoms with Crippen LogP contribution in [0, 0.1) is 0 Å². The Labute approximate surface area is 114 Å². The van der Waals surface area contributed by atoms with Gasteiger partial charge in [-0.15, -0.1) is 0 Å². The van der Waals surface area contributed by atoms with Crippen molar-refractivity contribution in [3.8, 4) is 5.75 Å². The molecule has 0 heterocycles. The number of amides is 1. The van der Waals surface area contributed by atoms with Crippen molar-refractivity contribution in [3.63, 3.8) is 0 Å².